The maximum absolute atomic E-state index is 11.0. The first-order chi connectivity index (χ1) is 4.34. The van der Waals surface area contributed by atoms with E-state index in [4.69, 9.17) is 0 Å². The molecule has 0 radical (unpaired) electrons. The van der Waals surface area contributed by atoms with E-state index in [1.165, 1.54) is 6.42 Å². The van der Waals surface area contributed by atoms with Crippen LogP contribution in [0.5, 0.6) is 0 Å². The Morgan fingerprint density at radius 2 is 2.22 bits per heavy atom. The third-order valence-corrected chi connectivity index (χ3v) is 2.14. The maximum Gasteiger partial charge on any atom is 0.136 e. The summed E-state index contributed by atoms with van der Waals surface area (Å²) in [5, 5.41) is 0. The molecule has 0 amide bonds. The van der Waals surface area contributed by atoms with Gasteiger partial charge in [-0.2, -0.15) is 12.6 Å². The summed E-state index contributed by atoms with van der Waals surface area (Å²) < 4.78 is 0. The van der Waals surface area contributed by atoms with Crippen LogP contribution in [-0.4, -0.2) is 11.5 Å². The molecule has 0 atom stereocenters. The lowest BCUT2D eigenvalue weighted by molar-refractivity contribution is -0.124. The molecule has 0 heterocycles. The number of carbonyl (C=O) groups is 1. The highest BCUT2D eigenvalue weighted by molar-refractivity contribution is 7.80. The fourth-order valence-electron chi connectivity index (χ4n) is 1.04. The summed E-state index contributed by atoms with van der Waals surface area (Å²) in [5.41, 5.74) is 0. The second-order valence-corrected chi connectivity index (χ2v) is 3.01. The van der Waals surface area contributed by atoms with Crippen LogP contribution >= 0.6 is 12.6 Å². The number of hydrogen-bond acceptors (Lipinski definition) is 2. The Morgan fingerprint density at radius 3 is 2.56 bits per heavy atom. The van der Waals surface area contributed by atoms with E-state index in [2.05, 4.69) is 12.6 Å². The van der Waals surface area contributed by atoms with Gasteiger partial charge >= 0.3 is 0 Å². The minimum Gasteiger partial charge on any atom is -0.299 e. The molecular weight excluding hydrogens is 132 g/mol. The van der Waals surface area contributed by atoms with Crippen molar-refractivity contribution in [1.29, 1.82) is 0 Å². The normalized spacial score (nSPS) is 19.2. The van der Waals surface area contributed by atoms with Gasteiger partial charge in [-0.25, -0.2) is 0 Å². The molecule has 1 nitrogen and oxygen atoms in total. The van der Waals surface area contributed by atoms with Crippen molar-refractivity contribution in [2.75, 3.05) is 5.75 Å². The molecule has 1 aliphatic carbocycles. The molecule has 52 valence electrons. The Morgan fingerprint density at radius 1 is 1.56 bits per heavy atom. The van der Waals surface area contributed by atoms with Gasteiger partial charge in [-0.3, -0.25) is 4.79 Å². The molecule has 1 aliphatic rings. The van der Waals surface area contributed by atoms with Crippen molar-refractivity contribution < 1.29 is 4.79 Å². The number of rotatable bonds is 3. The number of hydrogen-bond donors (Lipinski definition) is 1. The van der Waals surface area contributed by atoms with E-state index < -0.39 is 0 Å². The topological polar surface area (TPSA) is 17.1 Å². The number of Topliss-reactive ketones (excluding diaryl/α,β-unsaturated/α-hetero) is 1. The van der Waals surface area contributed by atoms with Gasteiger partial charge in [0.05, 0.1) is 0 Å². The van der Waals surface area contributed by atoms with Crippen LogP contribution in [0.2, 0.25) is 0 Å². The minimum absolute atomic E-state index is 0.414. The van der Waals surface area contributed by atoms with Crippen molar-refractivity contribution in [3.05, 3.63) is 0 Å². The SMILES string of the molecule is O=C(CCS)C1CCC1. The second-order valence-electron chi connectivity index (χ2n) is 2.57. The fourth-order valence-corrected chi connectivity index (χ4v) is 1.26. The van der Waals surface area contributed by atoms with Gasteiger partial charge in [0.25, 0.3) is 0 Å². The van der Waals surface area contributed by atoms with Gasteiger partial charge in [-0.05, 0) is 18.6 Å². The van der Waals surface area contributed by atoms with Gasteiger partial charge in [0.1, 0.15) is 5.78 Å². The fraction of sp³-hybridized carbons (Fsp3) is 0.857. The van der Waals surface area contributed by atoms with Crippen LogP contribution in [0.4, 0.5) is 0 Å². The summed E-state index contributed by atoms with van der Waals surface area (Å²) >= 11 is 4.00. The first-order valence-electron chi connectivity index (χ1n) is 3.48. The zero-order chi connectivity index (χ0) is 6.69. The highest BCUT2D eigenvalue weighted by Gasteiger charge is 2.23. The summed E-state index contributed by atoms with van der Waals surface area (Å²) in [4.78, 5) is 11.0. The number of ketones is 1. The molecular formula is C7H12OS. The first kappa shape index (κ1) is 7.13. The van der Waals surface area contributed by atoms with Gasteiger partial charge in [-0.15, -0.1) is 0 Å². The molecule has 0 saturated heterocycles. The van der Waals surface area contributed by atoms with Gasteiger partial charge in [0, 0.05) is 12.3 Å². The molecule has 1 saturated carbocycles. The van der Waals surface area contributed by atoms with Crippen molar-refractivity contribution in [2.45, 2.75) is 25.7 Å². The molecule has 0 bridgehead atoms. The molecule has 0 aromatic rings. The third-order valence-electron chi connectivity index (χ3n) is 1.92. The van der Waals surface area contributed by atoms with Crippen LogP contribution in [0, 0.1) is 5.92 Å². The Labute approximate surface area is 61.2 Å². The smallest absolute Gasteiger partial charge is 0.136 e. The highest BCUT2D eigenvalue weighted by Crippen LogP contribution is 2.27. The molecule has 1 fully saturated rings. The molecule has 0 spiro atoms. The molecule has 0 aliphatic heterocycles. The lowest BCUT2D eigenvalue weighted by Gasteiger charge is -2.23. The lowest BCUT2D eigenvalue weighted by Crippen LogP contribution is -2.21. The van der Waals surface area contributed by atoms with Crippen molar-refractivity contribution in [3.63, 3.8) is 0 Å². The Hall–Kier alpha value is 0.0200. The largest absolute Gasteiger partial charge is 0.299 e. The van der Waals surface area contributed by atoms with Crippen LogP contribution in [0.3, 0.4) is 0 Å². The Balaban J connectivity index is 2.16. The average Bonchev–Trinajstić information content (AvgIpc) is 1.60. The van der Waals surface area contributed by atoms with Gasteiger partial charge in [0.2, 0.25) is 0 Å². The Kier molecular flexibility index (Phi) is 2.58. The van der Waals surface area contributed by atoms with Crippen LogP contribution in [-0.2, 0) is 4.79 Å². The monoisotopic (exact) mass is 144 g/mol. The molecule has 0 N–H and O–H groups in total. The van der Waals surface area contributed by atoms with Crippen LogP contribution in [0.25, 0.3) is 0 Å². The average molecular weight is 144 g/mol. The van der Waals surface area contributed by atoms with Crippen LogP contribution in [0.1, 0.15) is 25.7 Å². The van der Waals surface area contributed by atoms with Gasteiger partial charge in [0.15, 0.2) is 0 Å². The van der Waals surface area contributed by atoms with Gasteiger partial charge in [-0.1, -0.05) is 6.42 Å². The standard InChI is InChI=1S/C7H12OS/c8-7(4-5-9)6-2-1-3-6/h6,9H,1-5H2. The molecule has 0 aromatic carbocycles. The first-order valence-corrected chi connectivity index (χ1v) is 4.11. The summed E-state index contributed by atoms with van der Waals surface area (Å²) in [6.07, 6.45) is 4.19. The van der Waals surface area contributed by atoms with E-state index in [1.54, 1.807) is 0 Å². The maximum atomic E-state index is 11.0. The zero-order valence-electron chi connectivity index (χ0n) is 5.47. The van der Waals surface area contributed by atoms with Crippen LogP contribution < -0.4 is 0 Å². The van der Waals surface area contributed by atoms with Crippen molar-refractivity contribution in [1.82, 2.24) is 0 Å². The summed E-state index contributed by atoms with van der Waals surface area (Å²) in [5.74, 6) is 1.56. The van der Waals surface area contributed by atoms with E-state index in [0.29, 0.717) is 18.1 Å². The van der Waals surface area contributed by atoms with Crippen molar-refractivity contribution >= 4 is 18.4 Å². The third kappa shape index (κ3) is 1.71. The van der Waals surface area contributed by atoms with Crippen molar-refractivity contribution in [2.24, 2.45) is 5.92 Å². The molecule has 9 heavy (non-hydrogen) atoms. The van der Waals surface area contributed by atoms with Crippen molar-refractivity contribution in [3.8, 4) is 0 Å². The highest BCUT2D eigenvalue weighted by atomic mass is 32.1. The Bertz CT molecular complexity index is 107. The van der Waals surface area contributed by atoms with E-state index >= 15 is 0 Å². The summed E-state index contributed by atoms with van der Waals surface area (Å²) in [6, 6.07) is 0. The number of thiol groups is 1. The summed E-state index contributed by atoms with van der Waals surface area (Å²) in [6.45, 7) is 0. The van der Waals surface area contributed by atoms with E-state index in [-0.39, 0.29) is 0 Å². The predicted molar refractivity (Wildman–Crippen MR) is 40.8 cm³/mol. The van der Waals surface area contributed by atoms with Crippen LogP contribution in [0.15, 0.2) is 0 Å². The predicted octanol–water partition coefficient (Wildman–Crippen LogP) is 1.68. The van der Waals surface area contributed by atoms with E-state index in [1.807, 2.05) is 0 Å². The number of carbonyl (C=O) groups excluding carboxylic acids is 1. The van der Waals surface area contributed by atoms with Gasteiger partial charge < -0.3 is 0 Å². The molecule has 0 unspecified atom stereocenters. The quantitative estimate of drug-likeness (QED) is 0.596. The second kappa shape index (κ2) is 3.25. The zero-order valence-corrected chi connectivity index (χ0v) is 6.36. The van der Waals surface area contributed by atoms with E-state index in [9.17, 15) is 4.79 Å². The summed E-state index contributed by atoms with van der Waals surface area (Å²) in [7, 11) is 0. The lowest BCUT2D eigenvalue weighted by atomic mass is 9.81. The molecule has 2 heteroatoms. The molecule has 1 rings (SSSR count). The molecule has 0 aromatic heterocycles. The minimum atomic E-state index is 0.414. The van der Waals surface area contributed by atoms with E-state index in [0.717, 1.165) is 18.6 Å².